The summed E-state index contributed by atoms with van der Waals surface area (Å²) in [6.45, 7) is 5.42. The molecule has 1 amide bonds. The van der Waals surface area contributed by atoms with Crippen LogP contribution in [0.4, 0.5) is 5.82 Å². The maximum absolute atomic E-state index is 12.7. The second kappa shape index (κ2) is 5.48. The van der Waals surface area contributed by atoms with Crippen molar-refractivity contribution in [2.24, 2.45) is 0 Å². The van der Waals surface area contributed by atoms with E-state index in [1.165, 1.54) is 12.5 Å². The van der Waals surface area contributed by atoms with Gasteiger partial charge >= 0.3 is 5.97 Å². The van der Waals surface area contributed by atoms with Gasteiger partial charge in [0.05, 0.1) is 11.0 Å². The number of hydrogen-bond donors (Lipinski definition) is 1. The van der Waals surface area contributed by atoms with E-state index in [9.17, 15) is 9.59 Å². The van der Waals surface area contributed by atoms with Gasteiger partial charge < -0.3 is 10.1 Å². The molecule has 0 aromatic carbocycles. The van der Waals surface area contributed by atoms with Crippen molar-refractivity contribution >= 4 is 29.3 Å². The van der Waals surface area contributed by atoms with Crippen LogP contribution in [0.5, 0.6) is 0 Å². The van der Waals surface area contributed by atoms with Crippen LogP contribution in [0.1, 0.15) is 48.0 Å². The lowest BCUT2D eigenvalue weighted by Gasteiger charge is -2.20. The van der Waals surface area contributed by atoms with Gasteiger partial charge in [-0.2, -0.15) is 0 Å². The van der Waals surface area contributed by atoms with Crippen molar-refractivity contribution < 1.29 is 14.3 Å². The van der Waals surface area contributed by atoms with E-state index < -0.39 is 17.0 Å². The highest BCUT2D eigenvalue weighted by atomic mass is 35.5. The topological polar surface area (TPSA) is 94.1 Å². The second-order valence-electron chi connectivity index (χ2n) is 7.61. The maximum atomic E-state index is 12.7. The number of anilines is 1. The number of amides is 1. The van der Waals surface area contributed by atoms with Crippen molar-refractivity contribution in [2.75, 3.05) is 5.32 Å². The molecule has 0 saturated heterocycles. The molecular weight excluding hydrogens is 356 g/mol. The third kappa shape index (κ3) is 2.54. The Kier molecular flexibility index (Phi) is 3.56. The van der Waals surface area contributed by atoms with Crippen LogP contribution < -0.4 is 5.32 Å². The Bertz CT molecular complexity index is 954. The number of hydrogen-bond acceptors (Lipinski definition) is 6. The Balaban J connectivity index is 1.71. The zero-order chi connectivity index (χ0) is 18.7. The van der Waals surface area contributed by atoms with Crippen LogP contribution >= 0.6 is 11.6 Å². The molecule has 3 heterocycles. The quantitative estimate of drug-likeness (QED) is 0.610. The number of rotatable bonds is 1. The number of aromatic nitrogens is 3. The van der Waals surface area contributed by atoms with E-state index in [0.717, 1.165) is 11.3 Å². The van der Waals surface area contributed by atoms with Crippen molar-refractivity contribution in [3.8, 4) is 0 Å². The number of esters is 1. The van der Waals surface area contributed by atoms with E-state index in [2.05, 4.69) is 20.3 Å². The van der Waals surface area contributed by atoms with E-state index >= 15 is 0 Å². The fourth-order valence-electron chi connectivity index (χ4n) is 3.53. The van der Waals surface area contributed by atoms with E-state index in [1.807, 2.05) is 20.8 Å². The first-order valence-corrected chi connectivity index (χ1v) is 8.61. The number of halogens is 1. The lowest BCUT2D eigenvalue weighted by molar-refractivity contribution is -0.120. The summed E-state index contributed by atoms with van der Waals surface area (Å²) in [4.78, 5) is 37.6. The molecule has 8 heteroatoms. The summed E-state index contributed by atoms with van der Waals surface area (Å²) >= 11 is 6.26. The summed E-state index contributed by atoms with van der Waals surface area (Å²) < 4.78 is 5.40. The van der Waals surface area contributed by atoms with Crippen LogP contribution in [-0.2, 0) is 27.8 Å². The first-order valence-electron chi connectivity index (χ1n) is 8.23. The van der Waals surface area contributed by atoms with Gasteiger partial charge in [0.15, 0.2) is 0 Å². The monoisotopic (exact) mass is 372 g/mol. The van der Waals surface area contributed by atoms with Gasteiger partial charge in [0.2, 0.25) is 5.91 Å². The van der Waals surface area contributed by atoms with Crippen LogP contribution in [-0.4, -0.2) is 32.4 Å². The number of carbonyl (C=O) groups is 2. The van der Waals surface area contributed by atoms with E-state index in [4.69, 9.17) is 16.3 Å². The first kappa shape index (κ1) is 16.9. The van der Waals surface area contributed by atoms with Gasteiger partial charge in [0.25, 0.3) is 0 Å². The van der Waals surface area contributed by atoms with Crippen LogP contribution in [0.25, 0.3) is 0 Å². The maximum Gasteiger partial charge on any atom is 0.340 e. The molecule has 1 aliphatic heterocycles. The summed E-state index contributed by atoms with van der Waals surface area (Å²) in [5.41, 5.74) is 1.09. The number of ether oxygens (including phenoxy) is 1. The number of carbonyl (C=O) groups excluding carboxylic acids is 2. The molecular formula is C18H17ClN4O3. The zero-order valence-corrected chi connectivity index (χ0v) is 15.3. The molecule has 0 unspecified atom stereocenters. The molecule has 0 radical (unpaired) electrons. The van der Waals surface area contributed by atoms with Gasteiger partial charge in [-0.05, 0) is 38.8 Å². The second-order valence-corrected chi connectivity index (χ2v) is 7.97. The lowest BCUT2D eigenvalue weighted by Crippen LogP contribution is -2.35. The number of nitrogens with zero attached hydrogens (tertiary/aromatic N) is 3. The SMILES string of the molecule is CC(C)(C)OC(=O)c1cnc2c(c1)C[C@@]1(C2)C(=O)Nc2ncnc(Cl)c21. The van der Waals surface area contributed by atoms with Crippen LogP contribution in [0.15, 0.2) is 18.6 Å². The van der Waals surface area contributed by atoms with Gasteiger partial charge in [-0.25, -0.2) is 14.8 Å². The highest BCUT2D eigenvalue weighted by molar-refractivity contribution is 6.31. The molecule has 26 heavy (non-hydrogen) atoms. The van der Waals surface area contributed by atoms with Gasteiger partial charge in [0.1, 0.15) is 22.9 Å². The minimum Gasteiger partial charge on any atom is -0.456 e. The van der Waals surface area contributed by atoms with Gasteiger partial charge in [-0.15, -0.1) is 0 Å². The molecule has 4 rings (SSSR count). The molecule has 134 valence electrons. The molecule has 0 saturated carbocycles. The molecule has 2 aromatic rings. The number of fused-ring (bicyclic) bond motifs is 3. The summed E-state index contributed by atoms with van der Waals surface area (Å²) in [5.74, 6) is -0.173. The Morgan fingerprint density at radius 1 is 1.27 bits per heavy atom. The smallest absolute Gasteiger partial charge is 0.340 e. The molecule has 1 N–H and O–H groups in total. The Morgan fingerprint density at radius 2 is 2.04 bits per heavy atom. The van der Waals surface area contributed by atoms with Gasteiger partial charge in [-0.3, -0.25) is 9.78 Å². The molecule has 2 aliphatic rings. The predicted octanol–water partition coefficient (Wildman–Crippen LogP) is 2.47. The van der Waals surface area contributed by atoms with Crippen LogP contribution in [0, 0.1) is 0 Å². The van der Waals surface area contributed by atoms with Gasteiger partial charge in [0, 0.05) is 23.9 Å². The predicted molar refractivity (Wildman–Crippen MR) is 94.2 cm³/mol. The van der Waals surface area contributed by atoms with Crippen molar-refractivity contribution in [1.29, 1.82) is 0 Å². The van der Waals surface area contributed by atoms with Crippen molar-refractivity contribution in [2.45, 2.75) is 44.6 Å². The average Bonchev–Trinajstić information content (AvgIpc) is 3.04. The summed E-state index contributed by atoms with van der Waals surface area (Å²) in [5, 5.41) is 3.04. The molecule has 1 spiro atoms. The zero-order valence-electron chi connectivity index (χ0n) is 14.6. The molecule has 0 fully saturated rings. The minimum atomic E-state index is -0.879. The average molecular weight is 373 g/mol. The van der Waals surface area contributed by atoms with Crippen LogP contribution in [0.2, 0.25) is 5.15 Å². The van der Waals surface area contributed by atoms with Crippen molar-refractivity contribution in [3.63, 3.8) is 0 Å². The lowest BCUT2D eigenvalue weighted by atomic mass is 9.80. The summed E-state index contributed by atoms with van der Waals surface area (Å²) in [7, 11) is 0. The minimum absolute atomic E-state index is 0.174. The molecule has 1 atom stereocenters. The normalized spacial score (nSPS) is 20.7. The van der Waals surface area contributed by atoms with E-state index in [-0.39, 0.29) is 11.1 Å². The standard InChI is InChI=1S/C18H17ClN4O3/c1-17(2,3)26-15(24)10-4-9-5-18(6-11(9)20-7-10)12-13(19)21-8-22-14(12)23-16(18)25/h4,7-8H,5-6H2,1-3H3,(H,21,22,23,25)/t18-/m0/s1. The fraction of sp³-hybridized carbons (Fsp3) is 0.389. The number of nitrogens with one attached hydrogen (secondary N) is 1. The highest BCUT2D eigenvalue weighted by Gasteiger charge is 2.53. The van der Waals surface area contributed by atoms with E-state index in [0.29, 0.717) is 29.8 Å². The van der Waals surface area contributed by atoms with E-state index in [1.54, 1.807) is 6.07 Å². The molecule has 0 bridgehead atoms. The molecule has 1 aliphatic carbocycles. The molecule has 2 aromatic heterocycles. The van der Waals surface area contributed by atoms with Crippen molar-refractivity contribution in [1.82, 2.24) is 15.0 Å². The third-order valence-corrected chi connectivity index (χ3v) is 4.89. The third-order valence-electron chi connectivity index (χ3n) is 4.60. The van der Waals surface area contributed by atoms with Gasteiger partial charge in [-0.1, -0.05) is 11.6 Å². The summed E-state index contributed by atoms with van der Waals surface area (Å²) in [6, 6.07) is 1.74. The van der Waals surface area contributed by atoms with Crippen molar-refractivity contribution in [3.05, 3.63) is 46.1 Å². The number of pyridine rings is 1. The fourth-order valence-corrected chi connectivity index (χ4v) is 3.85. The Morgan fingerprint density at radius 3 is 2.77 bits per heavy atom. The first-order chi connectivity index (χ1) is 12.2. The Hall–Kier alpha value is -2.54. The largest absolute Gasteiger partial charge is 0.456 e. The van der Waals surface area contributed by atoms with Crippen LogP contribution in [0.3, 0.4) is 0 Å². The Labute approximate surface area is 155 Å². The summed E-state index contributed by atoms with van der Waals surface area (Å²) in [6.07, 6.45) is 3.59. The molecule has 7 nitrogen and oxygen atoms in total. The highest BCUT2D eigenvalue weighted by Crippen LogP contribution is 2.48.